The Bertz CT molecular complexity index is 701. The fourth-order valence-corrected chi connectivity index (χ4v) is 4.49. The van der Waals surface area contributed by atoms with E-state index in [0.29, 0.717) is 19.1 Å². The fourth-order valence-electron chi connectivity index (χ4n) is 3.43. The molecule has 0 amide bonds. The smallest absolute Gasteiger partial charge is 0.406 e. The van der Waals surface area contributed by atoms with Crippen LogP contribution in [0.25, 0.3) is 0 Å². The number of nitrogens with zero attached hydrogens (tertiary/aromatic N) is 1. The number of halogens is 3. The van der Waals surface area contributed by atoms with Crippen molar-refractivity contribution < 1.29 is 31.1 Å². The molecular weight excluding hydrogens is 397 g/mol. The van der Waals surface area contributed by atoms with Crippen molar-refractivity contribution in [2.24, 2.45) is 5.92 Å². The van der Waals surface area contributed by atoms with Gasteiger partial charge < -0.3 is 9.47 Å². The van der Waals surface area contributed by atoms with Crippen LogP contribution in [0.5, 0.6) is 5.75 Å². The lowest BCUT2D eigenvalue weighted by Crippen LogP contribution is -2.52. The Labute approximate surface area is 164 Å². The van der Waals surface area contributed by atoms with Crippen molar-refractivity contribution in [2.45, 2.75) is 44.0 Å². The first-order chi connectivity index (χ1) is 13.2. The van der Waals surface area contributed by atoms with E-state index >= 15 is 0 Å². The van der Waals surface area contributed by atoms with Crippen molar-refractivity contribution in [3.05, 3.63) is 24.3 Å². The van der Waals surface area contributed by atoms with Gasteiger partial charge >= 0.3 is 6.36 Å². The molecule has 2 rings (SSSR count). The summed E-state index contributed by atoms with van der Waals surface area (Å²) >= 11 is 0. The third kappa shape index (κ3) is 6.61. The molecular formula is C18H27F3N2O4S. The van der Waals surface area contributed by atoms with Crippen LogP contribution in [0.2, 0.25) is 0 Å². The first kappa shape index (κ1) is 22.9. The third-order valence-electron chi connectivity index (χ3n) is 4.96. The maximum absolute atomic E-state index is 12.6. The number of rotatable bonds is 9. The molecule has 1 aliphatic rings. The van der Waals surface area contributed by atoms with Gasteiger partial charge in [-0.1, -0.05) is 26.7 Å². The Balaban J connectivity index is 2.08. The summed E-state index contributed by atoms with van der Waals surface area (Å²) < 4.78 is 73.7. The van der Waals surface area contributed by atoms with Crippen LogP contribution in [0.4, 0.5) is 13.2 Å². The van der Waals surface area contributed by atoms with Crippen molar-refractivity contribution >= 4 is 10.0 Å². The second kappa shape index (κ2) is 9.91. The largest absolute Gasteiger partial charge is 0.573 e. The van der Waals surface area contributed by atoms with E-state index in [-0.39, 0.29) is 17.5 Å². The number of alkyl halides is 3. The lowest BCUT2D eigenvalue weighted by atomic mass is 9.92. The van der Waals surface area contributed by atoms with Crippen molar-refractivity contribution in [1.82, 2.24) is 9.62 Å². The molecule has 1 unspecified atom stereocenters. The van der Waals surface area contributed by atoms with E-state index in [0.717, 1.165) is 50.2 Å². The number of sulfonamides is 1. The molecule has 1 saturated heterocycles. The normalized spacial score (nSPS) is 17.6. The van der Waals surface area contributed by atoms with E-state index in [4.69, 9.17) is 4.74 Å². The zero-order chi connectivity index (χ0) is 20.8. The highest BCUT2D eigenvalue weighted by Crippen LogP contribution is 2.24. The summed E-state index contributed by atoms with van der Waals surface area (Å²) in [5.41, 5.74) is 0. The molecule has 10 heteroatoms. The minimum Gasteiger partial charge on any atom is -0.406 e. The molecule has 6 nitrogen and oxygen atoms in total. The molecule has 0 radical (unpaired) electrons. The minimum absolute atomic E-state index is 0.0292. The van der Waals surface area contributed by atoms with Crippen molar-refractivity contribution in [2.75, 3.05) is 32.8 Å². The number of hydrogen-bond acceptors (Lipinski definition) is 5. The molecule has 28 heavy (non-hydrogen) atoms. The molecule has 1 N–H and O–H groups in total. The van der Waals surface area contributed by atoms with Crippen molar-refractivity contribution in [3.8, 4) is 5.75 Å². The highest BCUT2D eigenvalue weighted by Gasteiger charge is 2.31. The van der Waals surface area contributed by atoms with Gasteiger partial charge in [-0.25, -0.2) is 13.1 Å². The number of nitrogens with one attached hydrogen (secondary N) is 1. The van der Waals surface area contributed by atoms with Crippen LogP contribution in [0.1, 0.15) is 26.7 Å². The Kier molecular flexibility index (Phi) is 8.11. The van der Waals surface area contributed by atoms with Crippen LogP contribution in [-0.4, -0.2) is 58.6 Å². The van der Waals surface area contributed by atoms with Crippen LogP contribution >= 0.6 is 0 Å². The zero-order valence-corrected chi connectivity index (χ0v) is 16.9. The molecule has 0 saturated carbocycles. The van der Waals surface area contributed by atoms with Gasteiger partial charge in [0.1, 0.15) is 5.75 Å². The van der Waals surface area contributed by atoms with E-state index in [9.17, 15) is 21.6 Å². The first-order valence-corrected chi connectivity index (χ1v) is 10.8. The second-order valence-corrected chi connectivity index (χ2v) is 8.43. The van der Waals surface area contributed by atoms with E-state index in [1.807, 2.05) is 0 Å². The lowest BCUT2D eigenvalue weighted by molar-refractivity contribution is -0.274. The lowest BCUT2D eigenvalue weighted by Gasteiger charge is -2.38. The molecule has 1 fully saturated rings. The van der Waals surface area contributed by atoms with Crippen LogP contribution in [0.15, 0.2) is 29.2 Å². The molecule has 160 valence electrons. The number of morpholine rings is 1. The Hall–Kier alpha value is -1.36. The molecule has 1 aromatic rings. The van der Waals surface area contributed by atoms with Crippen molar-refractivity contribution in [1.29, 1.82) is 0 Å². The van der Waals surface area contributed by atoms with E-state index in [1.54, 1.807) is 0 Å². The SMILES string of the molecule is CCC(CC)C(CNS(=O)(=O)c1ccc(OC(F)(F)F)cc1)N1CCOCC1. The van der Waals surface area contributed by atoms with E-state index in [1.165, 1.54) is 0 Å². The number of benzene rings is 1. The number of hydrogen-bond donors (Lipinski definition) is 1. The molecule has 0 aromatic heterocycles. The molecule has 1 aliphatic heterocycles. The van der Waals surface area contributed by atoms with E-state index < -0.39 is 22.1 Å². The predicted molar refractivity (Wildman–Crippen MR) is 98.6 cm³/mol. The Morgan fingerprint density at radius 3 is 2.21 bits per heavy atom. The number of ether oxygens (including phenoxy) is 2. The molecule has 1 heterocycles. The van der Waals surface area contributed by atoms with Crippen molar-refractivity contribution in [3.63, 3.8) is 0 Å². The molecule has 0 aliphatic carbocycles. The van der Waals surface area contributed by atoms with Gasteiger partial charge in [0.05, 0.1) is 18.1 Å². The Morgan fingerprint density at radius 2 is 1.71 bits per heavy atom. The predicted octanol–water partition coefficient (Wildman–Crippen LogP) is 3.00. The average molecular weight is 424 g/mol. The van der Waals surface area contributed by atoms with Gasteiger partial charge in [-0.05, 0) is 30.2 Å². The van der Waals surface area contributed by atoms with Gasteiger partial charge in [-0.15, -0.1) is 13.2 Å². The summed E-state index contributed by atoms with van der Waals surface area (Å²) in [6, 6.07) is 4.21. The first-order valence-electron chi connectivity index (χ1n) is 9.33. The van der Waals surface area contributed by atoms with Gasteiger partial charge in [-0.3, -0.25) is 4.90 Å². The van der Waals surface area contributed by atoms with Gasteiger partial charge in [-0.2, -0.15) is 0 Å². The molecule has 0 spiro atoms. The second-order valence-electron chi connectivity index (χ2n) is 6.66. The fraction of sp³-hybridized carbons (Fsp3) is 0.667. The maximum Gasteiger partial charge on any atom is 0.573 e. The van der Waals surface area contributed by atoms with E-state index in [2.05, 4.69) is 28.2 Å². The highest BCUT2D eigenvalue weighted by atomic mass is 32.2. The average Bonchev–Trinajstić information content (AvgIpc) is 2.65. The summed E-state index contributed by atoms with van der Waals surface area (Å²) in [5, 5.41) is 0. The summed E-state index contributed by atoms with van der Waals surface area (Å²) in [6.45, 7) is 7.10. The summed E-state index contributed by atoms with van der Waals surface area (Å²) in [7, 11) is -3.85. The standard InChI is InChI=1S/C18H27F3N2O4S/c1-3-14(4-2)17(23-9-11-26-12-10-23)13-22-28(24,25)16-7-5-15(6-8-16)27-18(19,20)21/h5-8,14,17,22H,3-4,9-13H2,1-2H3. The van der Waals surface area contributed by atoms with Gasteiger partial charge in [0.25, 0.3) is 0 Å². The molecule has 1 aromatic carbocycles. The van der Waals surface area contributed by atoms with Gasteiger partial charge in [0.15, 0.2) is 0 Å². The summed E-state index contributed by atoms with van der Waals surface area (Å²) in [6.07, 6.45) is -2.98. The third-order valence-corrected chi connectivity index (χ3v) is 6.40. The molecule has 0 bridgehead atoms. The maximum atomic E-state index is 12.6. The monoisotopic (exact) mass is 424 g/mol. The summed E-state index contributed by atoms with van der Waals surface area (Å²) in [5.74, 6) is -0.141. The topological polar surface area (TPSA) is 67.9 Å². The van der Waals surface area contributed by atoms with Crippen LogP contribution < -0.4 is 9.46 Å². The van der Waals surface area contributed by atoms with Crippen LogP contribution in [0.3, 0.4) is 0 Å². The van der Waals surface area contributed by atoms with Gasteiger partial charge in [0, 0.05) is 25.7 Å². The zero-order valence-electron chi connectivity index (χ0n) is 16.0. The van der Waals surface area contributed by atoms with Crippen LogP contribution in [-0.2, 0) is 14.8 Å². The molecule has 1 atom stereocenters. The quantitative estimate of drug-likeness (QED) is 0.660. The van der Waals surface area contributed by atoms with Crippen LogP contribution in [0, 0.1) is 5.92 Å². The Morgan fingerprint density at radius 1 is 1.14 bits per heavy atom. The van der Waals surface area contributed by atoms with Gasteiger partial charge in [0.2, 0.25) is 10.0 Å². The summed E-state index contributed by atoms with van der Waals surface area (Å²) in [4.78, 5) is 2.14. The minimum atomic E-state index is -4.82. The highest BCUT2D eigenvalue weighted by molar-refractivity contribution is 7.89.